The fraction of sp³-hybridized carbons (Fsp3) is 0.481. The zero-order chi connectivity index (χ0) is 50.9. The first-order chi connectivity index (χ1) is 35.2. The van der Waals surface area contributed by atoms with Crippen molar-refractivity contribution in [3.63, 3.8) is 0 Å². The van der Waals surface area contributed by atoms with E-state index in [0.29, 0.717) is 84.8 Å². The van der Waals surface area contributed by atoms with Gasteiger partial charge in [0, 0.05) is 41.1 Å². The first-order valence-electron chi connectivity index (χ1n) is 25.5. The number of benzene rings is 2. The van der Waals surface area contributed by atoms with Crippen molar-refractivity contribution in [2.24, 2.45) is 11.8 Å². The number of H-pyrrole nitrogens is 2. The van der Waals surface area contributed by atoms with Gasteiger partial charge in [0.15, 0.2) is 0 Å². The van der Waals surface area contributed by atoms with E-state index in [1.807, 2.05) is 52.0 Å². The lowest BCUT2D eigenvalue weighted by Gasteiger charge is -2.40. The van der Waals surface area contributed by atoms with Crippen LogP contribution in [0.5, 0.6) is 5.75 Å². The van der Waals surface area contributed by atoms with Crippen molar-refractivity contribution in [2.75, 3.05) is 33.9 Å². The molecule has 3 unspecified atom stereocenters. The fourth-order valence-electron chi connectivity index (χ4n) is 11.5. The SMILES string of the molecule is COC(=O)NC(C(=O)N1CCC[C@H]1c1ncc(-c2cc(F)c3c(c2)OC(c2ccc(C4CC4)s2)n2c-3cc3cc(-c4cnc([C@@H]5CCCN5C(=O)[C@@H](NC(=O)OC)C(C)C)[nH]4)ccc32)[nH]1)C1CCOC(C)(C)C1.S.S.S. The van der Waals surface area contributed by atoms with E-state index in [1.54, 1.807) is 33.5 Å². The second-order valence-electron chi connectivity index (χ2n) is 21.1. The molecule has 17 nitrogen and oxygen atoms in total. The maximum atomic E-state index is 17.1. The number of likely N-dealkylation sites (tertiary alicyclic amines) is 2. The summed E-state index contributed by atoms with van der Waals surface area (Å²) in [5.74, 6) is 1.06. The average molecular weight is 1120 g/mol. The van der Waals surface area contributed by atoms with Crippen LogP contribution in [0.3, 0.4) is 0 Å². The lowest BCUT2D eigenvalue weighted by atomic mass is 9.82. The number of rotatable bonds is 12. The zero-order valence-corrected chi connectivity index (χ0v) is 47.3. The third-order valence-corrected chi connectivity index (χ3v) is 16.6. The van der Waals surface area contributed by atoms with Crippen LogP contribution in [0.2, 0.25) is 0 Å². The first-order valence-corrected chi connectivity index (χ1v) is 26.3. The van der Waals surface area contributed by atoms with E-state index < -0.39 is 41.9 Å². The van der Waals surface area contributed by atoms with Crippen molar-refractivity contribution in [3.8, 4) is 39.5 Å². The molecule has 3 saturated heterocycles. The lowest BCUT2D eigenvalue weighted by Crippen LogP contribution is -2.54. The number of alkyl carbamates (subject to hydrolysis) is 2. The molecule has 0 spiro atoms. The van der Waals surface area contributed by atoms with Gasteiger partial charge in [0.05, 0.1) is 77.3 Å². The Morgan fingerprint density at radius 3 is 2.05 bits per heavy atom. The summed E-state index contributed by atoms with van der Waals surface area (Å²) >= 11 is 1.73. The Labute approximate surface area is 466 Å². The topological polar surface area (TPSA) is 198 Å². The number of nitrogens with one attached hydrogen (secondary N) is 4. The Bertz CT molecular complexity index is 3110. The van der Waals surface area contributed by atoms with E-state index in [1.165, 1.54) is 25.2 Å². The summed E-state index contributed by atoms with van der Waals surface area (Å²) < 4.78 is 41.8. The van der Waals surface area contributed by atoms with Gasteiger partial charge < -0.3 is 49.3 Å². The van der Waals surface area contributed by atoms with Crippen LogP contribution in [0.4, 0.5) is 14.0 Å². The molecule has 4 fully saturated rings. The molecule has 4 N–H and O–H groups in total. The molecule has 4 amide bonds. The number of amides is 4. The van der Waals surface area contributed by atoms with Gasteiger partial charge in [-0.05, 0) is 125 Å². The molecule has 0 bridgehead atoms. The standard InChI is InChI=1S/C54H62FN9O8S.3H2S/c1-28(2)45(60-52(67)69-5)49(65)62-18-7-9-38(62)47-56-26-35(58-47)30-13-14-37-33(21-30)23-40-44-34(55)22-32(24-41(44)72-51(64(37)40)43-16-15-42(73-43)29-11-12-29)36-27-57-48(59-36)39-10-8-19-63(39)50(66)46(61-53(68)70-6)31-17-20-71-54(3,4)25-31;;;/h13-16,21-24,26-29,31,38-39,45-46,51H,7-12,17-20,25H2,1-6H3,(H,56,58)(H,57,59)(H,60,67)(H,61,68);3*1H2/t31?,38-,39-,45-,46?,51?;;;/m0.../s1. The van der Waals surface area contributed by atoms with E-state index in [-0.39, 0.29) is 76.2 Å². The quantitative estimate of drug-likeness (QED) is 0.0915. The Morgan fingerprint density at radius 1 is 0.789 bits per heavy atom. The summed E-state index contributed by atoms with van der Waals surface area (Å²) in [6.07, 6.45) is 8.05. The van der Waals surface area contributed by atoms with E-state index in [9.17, 15) is 19.2 Å². The summed E-state index contributed by atoms with van der Waals surface area (Å²) in [7, 11) is 2.57. The molecule has 1 saturated carbocycles. The van der Waals surface area contributed by atoms with Crippen LogP contribution in [0, 0.1) is 17.7 Å². The number of carbonyl (C=O) groups excluding carboxylic acids is 4. The number of halogens is 1. The molecule has 4 aromatic heterocycles. The third-order valence-electron chi connectivity index (χ3n) is 15.3. The van der Waals surface area contributed by atoms with Crippen molar-refractivity contribution in [3.05, 3.63) is 88.1 Å². The summed E-state index contributed by atoms with van der Waals surface area (Å²) in [6, 6.07) is 13.6. The summed E-state index contributed by atoms with van der Waals surface area (Å²) in [5.41, 5.74) is 4.24. The molecule has 8 heterocycles. The highest BCUT2D eigenvalue weighted by Gasteiger charge is 2.44. The second kappa shape index (κ2) is 22.7. The average Bonchev–Trinajstić information content (AvgIpc) is 4.15. The number of thiophene rings is 1. The van der Waals surface area contributed by atoms with Crippen molar-refractivity contribution in [1.29, 1.82) is 0 Å². The van der Waals surface area contributed by atoms with Crippen LogP contribution in [0.15, 0.2) is 60.9 Å². The van der Waals surface area contributed by atoms with Crippen LogP contribution < -0.4 is 15.4 Å². The van der Waals surface area contributed by atoms with E-state index in [0.717, 1.165) is 59.1 Å². The van der Waals surface area contributed by atoms with Gasteiger partial charge in [0.25, 0.3) is 0 Å². The molecule has 4 aliphatic heterocycles. The number of hydrogen-bond donors (Lipinski definition) is 4. The largest absolute Gasteiger partial charge is 0.464 e. The number of imidazole rings is 2. The smallest absolute Gasteiger partial charge is 0.407 e. The van der Waals surface area contributed by atoms with Gasteiger partial charge in [-0.1, -0.05) is 19.9 Å². The van der Waals surface area contributed by atoms with Gasteiger partial charge >= 0.3 is 12.2 Å². The van der Waals surface area contributed by atoms with E-state index in [2.05, 4.69) is 43.4 Å². The summed E-state index contributed by atoms with van der Waals surface area (Å²) in [4.78, 5) is 75.4. The lowest BCUT2D eigenvalue weighted by molar-refractivity contribution is -0.139. The molecular weight excluding hydrogens is 1050 g/mol. The van der Waals surface area contributed by atoms with Crippen LogP contribution in [-0.2, 0) is 23.8 Å². The highest BCUT2D eigenvalue weighted by atomic mass is 32.1. The summed E-state index contributed by atoms with van der Waals surface area (Å²) in [5, 5.41) is 6.44. The van der Waals surface area contributed by atoms with Gasteiger partial charge in [-0.3, -0.25) is 14.2 Å². The van der Waals surface area contributed by atoms with Crippen molar-refractivity contribution >= 4 is 86.7 Å². The van der Waals surface area contributed by atoms with Crippen LogP contribution in [0.25, 0.3) is 44.7 Å². The maximum Gasteiger partial charge on any atom is 0.407 e. The highest BCUT2D eigenvalue weighted by molar-refractivity contribution is 7.59. The molecule has 6 aromatic rings. The predicted octanol–water partition coefficient (Wildman–Crippen LogP) is 10.1. The van der Waals surface area contributed by atoms with Gasteiger partial charge in [-0.15, -0.1) is 11.3 Å². The molecule has 0 radical (unpaired) electrons. The van der Waals surface area contributed by atoms with Crippen molar-refractivity contribution in [2.45, 2.75) is 121 Å². The Balaban J connectivity index is 0.00000255. The number of methoxy groups -OCH3 is 2. The number of fused-ring (bicyclic) bond motifs is 5. The number of ether oxygens (including phenoxy) is 4. The molecule has 2 aromatic carbocycles. The predicted molar refractivity (Wildman–Crippen MR) is 302 cm³/mol. The maximum absolute atomic E-state index is 17.1. The van der Waals surface area contributed by atoms with Crippen LogP contribution >= 0.6 is 51.8 Å². The molecule has 22 heteroatoms. The fourth-order valence-corrected chi connectivity index (χ4v) is 12.7. The van der Waals surface area contributed by atoms with Gasteiger partial charge in [-0.2, -0.15) is 40.5 Å². The highest BCUT2D eigenvalue weighted by Crippen LogP contribution is 2.50. The Hall–Kier alpha value is -5.68. The number of aromatic nitrogens is 5. The minimum atomic E-state index is -0.802. The van der Waals surface area contributed by atoms with E-state index >= 15 is 4.39 Å². The Kier molecular flexibility index (Phi) is 16.9. The molecular formula is C54H68FN9O8S4. The molecule has 11 rings (SSSR count). The number of aromatic amines is 2. The van der Waals surface area contributed by atoms with Crippen LogP contribution in [-0.4, -0.2) is 110 Å². The molecule has 76 heavy (non-hydrogen) atoms. The Morgan fingerprint density at radius 2 is 1.42 bits per heavy atom. The molecule has 6 atom stereocenters. The summed E-state index contributed by atoms with van der Waals surface area (Å²) in [6.45, 7) is 9.29. The molecule has 1 aliphatic carbocycles. The molecule has 408 valence electrons. The van der Waals surface area contributed by atoms with Gasteiger partial charge in [0.1, 0.15) is 35.3 Å². The third kappa shape index (κ3) is 10.8. The zero-order valence-electron chi connectivity index (χ0n) is 43.5. The number of nitrogens with zero attached hydrogens (tertiary/aromatic N) is 5. The first kappa shape index (κ1) is 56.5. The second-order valence-corrected chi connectivity index (χ2v) is 22.2. The monoisotopic (exact) mass is 1120 g/mol. The van der Waals surface area contributed by atoms with Crippen molar-refractivity contribution < 1.29 is 42.5 Å². The number of carbonyl (C=O) groups is 4. The van der Waals surface area contributed by atoms with Gasteiger partial charge in [0.2, 0.25) is 18.0 Å². The van der Waals surface area contributed by atoms with Gasteiger partial charge in [-0.25, -0.2) is 23.9 Å². The van der Waals surface area contributed by atoms with E-state index in [4.69, 9.17) is 28.9 Å². The van der Waals surface area contributed by atoms with Crippen molar-refractivity contribution in [1.82, 2.24) is 44.9 Å². The normalized spacial score (nSPS) is 21.3. The minimum absolute atomic E-state index is 0. The van der Waals surface area contributed by atoms with Crippen LogP contribution in [0.1, 0.15) is 125 Å². The number of hydrogen-bond acceptors (Lipinski definition) is 11. The molecule has 5 aliphatic rings. The minimum Gasteiger partial charge on any atom is -0.464 e.